The summed E-state index contributed by atoms with van der Waals surface area (Å²) in [6.07, 6.45) is 1.92. The van der Waals surface area contributed by atoms with Crippen LogP contribution in [0.2, 0.25) is 5.02 Å². The average molecular weight is 218 g/mol. The zero-order valence-corrected chi connectivity index (χ0v) is 8.24. The number of rotatable bonds is 1. The Labute approximate surface area is 84.1 Å². The molecule has 2 unspecified atom stereocenters. The first-order valence-corrected chi connectivity index (χ1v) is 5.60. The summed E-state index contributed by atoms with van der Waals surface area (Å²) in [7, 11) is 0. The number of hydrogen-bond donors (Lipinski definition) is 0. The minimum Gasteiger partial charge on any atom is -0.616 e. The van der Waals surface area contributed by atoms with Gasteiger partial charge in [0.1, 0.15) is 16.8 Å². The van der Waals surface area contributed by atoms with Gasteiger partial charge in [-0.2, -0.15) is 0 Å². The molecule has 4 heteroatoms. The third-order valence-corrected chi connectivity index (χ3v) is 3.89. The van der Waals surface area contributed by atoms with Gasteiger partial charge in [-0.15, -0.1) is 0 Å². The van der Waals surface area contributed by atoms with Crippen molar-refractivity contribution in [3.8, 4) is 0 Å². The highest BCUT2D eigenvalue weighted by molar-refractivity contribution is 7.93. The van der Waals surface area contributed by atoms with Crippen LogP contribution in [-0.4, -0.2) is 10.3 Å². The average Bonchev–Trinajstić information content (AvgIpc) is 2.09. The molecule has 0 aliphatic carbocycles. The fraction of sp³-hybridized carbons (Fsp3) is 0.222. The number of hydrogen-bond acceptors (Lipinski definition) is 1. The van der Waals surface area contributed by atoms with Gasteiger partial charge in [0.2, 0.25) is 0 Å². The van der Waals surface area contributed by atoms with Gasteiger partial charge >= 0.3 is 0 Å². The molecule has 13 heavy (non-hydrogen) atoms. The van der Waals surface area contributed by atoms with Crippen LogP contribution in [-0.2, 0) is 11.2 Å². The van der Waals surface area contributed by atoms with Crippen LogP contribution in [0.5, 0.6) is 0 Å². The van der Waals surface area contributed by atoms with Crippen LogP contribution in [0.25, 0.3) is 0 Å². The van der Waals surface area contributed by atoms with Crippen LogP contribution in [0.15, 0.2) is 18.2 Å². The van der Waals surface area contributed by atoms with Gasteiger partial charge in [-0.1, -0.05) is 17.7 Å². The van der Waals surface area contributed by atoms with E-state index in [9.17, 15) is 8.94 Å². The molecule has 1 aromatic rings. The van der Waals surface area contributed by atoms with Gasteiger partial charge in [0.15, 0.2) is 0 Å². The highest BCUT2D eigenvalue weighted by Gasteiger charge is 2.35. The van der Waals surface area contributed by atoms with Crippen molar-refractivity contribution in [1.82, 2.24) is 0 Å². The van der Waals surface area contributed by atoms with Crippen molar-refractivity contribution in [1.29, 1.82) is 0 Å². The van der Waals surface area contributed by atoms with Crippen molar-refractivity contribution in [3.63, 3.8) is 0 Å². The lowest BCUT2D eigenvalue weighted by molar-refractivity contribution is 0.575. The first-order chi connectivity index (χ1) is 6.18. The molecule has 0 N–H and O–H groups in total. The number of benzene rings is 1. The Kier molecular flexibility index (Phi) is 2.49. The molecule has 0 spiro atoms. The Hall–Kier alpha value is -0.250. The Morgan fingerprint density at radius 3 is 2.77 bits per heavy atom. The Bertz CT molecular complexity index is 331. The zero-order chi connectivity index (χ0) is 9.42. The molecule has 0 bridgehead atoms. The van der Waals surface area contributed by atoms with Crippen molar-refractivity contribution in [2.75, 3.05) is 5.75 Å². The van der Waals surface area contributed by atoms with Gasteiger partial charge in [0.05, 0.1) is 11.4 Å². The maximum Gasteiger partial charge on any atom is 0.148 e. The lowest BCUT2D eigenvalue weighted by atomic mass is 10.1. The van der Waals surface area contributed by atoms with Crippen LogP contribution >= 0.6 is 11.6 Å². The quantitative estimate of drug-likeness (QED) is 0.663. The maximum atomic E-state index is 13.0. The number of halogens is 2. The first kappa shape index (κ1) is 9.31. The van der Waals surface area contributed by atoms with Gasteiger partial charge in [-0.05, 0) is 23.3 Å². The van der Waals surface area contributed by atoms with Crippen molar-refractivity contribution in [3.05, 3.63) is 41.0 Å². The van der Waals surface area contributed by atoms with E-state index < -0.39 is 17.0 Å². The molecule has 1 aliphatic rings. The summed E-state index contributed by atoms with van der Waals surface area (Å²) in [4.78, 5) is 0. The molecule has 69 valence electrons. The van der Waals surface area contributed by atoms with Gasteiger partial charge in [0, 0.05) is 5.56 Å². The second-order valence-electron chi connectivity index (χ2n) is 2.88. The first-order valence-electron chi connectivity index (χ1n) is 3.84. The van der Waals surface area contributed by atoms with Crippen LogP contribution in [0, 0.1) is 12.2 Å². The van der Waals surface area contributed by atoms with E-state index >= 15 is 0 Å². The molecule has 1 fully saturated rings. The minimum atomic E-state index is -0.861. The largest absolute Gasteiger partial charge is 0.616 e. The standard InChI is InChI=1S/C9H7ClFOS/c10-7-2-1-6(5-8(7)11)9-3-4-13(9)12/h1-3,5,9H,4H2. The smallest absolute Gasteiger partial charge is 0.148 e. The second-order valence-corrected chi connectivity index (χ2v) is 4.89. The van der Waals surface area contributed by atoms with E-state index in [0.717, 1.165) is 5.56 Å². The molecular formula is C9H7ClFOS. The molecule has 0 amide bonds. The molecular weight excluding hydrogens is 211 g/mol. The summed E-state index contributed by atoms with van der Waals surface area (Å²) in [6, 6.07) is 4.56. The maximum absolute atomic E-state index is 13.0. The third kappa shape index (κ3) is 1.68. The molecule has 0 aromatic heterocycles. The zero-order valence-electron chi connectivity index (χ0n) is 6.67. The van der Waals surface area contributed by atoms with Crippen molar-refractivity contribution >= 4 is 22.8 Å². The van der Waals surface area contributed by atoms with E-state index in [1.165, 1.54) is 12.1 Å². The summed E-state index contributed by atoms with van der Waals surface area (Å²) in [5, 5.41) is 0.000576. The highest BCUT2D eigenvalue weighted by atomic mass is 35.5. The summed E-state index contributed by atoms with van der Waals surface area (Å²) in [6.45, 7) is 0. The SMILES string of the molecule is [O-][S+]1C[CH]C1c1ccc(Cl)c(F)c1. The fourth-order valence-corrected chi connectivity index (χ4v) is 2.36. The molecule has 0 saturated carbocycles. The van der Waals surface area contributed by atoms with Crippen molar-refractivity contribution in [2.24, 2.45) is 0 Å². The van der Waals surface area contributed by atoms with E-state index in [4.69, 9.17) is 11.6 Å². The lowest BCUT2D eigenvalue weighted by Gasteiger charge is -2.29. The van der Waals surface area contributed by atoms with Crippen molar-refractivity contribution in [2.45, 2.75) is 5.25 Å². The van der Waals surface area contributed by atoms with E-state index in [2.05, 4.69) is 0 Å². The van der Waals surface area contributed by atoms with Crippen LogP contribution in [0.4, 0.5) is 4.39 Å². The molecule has 1 heterocycles. The summed E-state index contributed by atoms with van der Waals surface area (Å²) >= 11 is 4.66. The van der Waals surface area contributed by atoms with Crippen LogP contribution in [0.1, 0.15) is 10.8 Å². The molecule has 2 rings (SSSR count). The second kappa shape index (κ2) is 3.48. The Balaban J connectivity index is 2.26. The van der Waals surface area contributed by atoms with E-state index in [1.807, 2.05) is 6.42 Å². The molecule has 1 saturated heterocycles. The minimum absolute atomic E-state index is 0.105. The molecule has 1 radical (unpaired) electrons. The van der Waals surface area contributed by atoms with E-state index in [0.29, 0.717) is 5.75 Å². The molecule has 1 aliphatic heterocycles. The normalized spacial score (nSPS) is 27.0. The third-order valence-electron chi connectivity index (χ3n) is 2.03. The van der Waals surface area contributed by atoms with Gasteiger partial charge < -0.3 is 4.55 Å². The summed E-state index contributed by atoms with van der Waals surface area (Å²) in [5.41, 5.74) is 0.742. The monoisotopic (exact) mass is 217 g/mol. The van der Waals surface area contributed by atoms with E-state index in [-0.39, 0.29) is 10.3 Å². The topological polar surface area (TPSA) is 23.1 Å². The van der Waals surface area contributed by atoms with E-state index in [1.54, 1.807) is 6.07 Å². The Morgan fingerprint density at radius 2 is 2.31 bits per heavy atom. The predicted molar refractivity (Wildman–Crippen MR) is 51.5 cm³/mol. The van der Waals surface area contributed by atoms with Crippen LogP contribution in [0.3, 0.4) is 0 Å². The van der Waals surface area contributed by atoms with Crippen LogP contribution < -0.4 is 0 Å². The van der Waals surface area contributed by atoms with Gasteiger partial charge in [-0.25, -0.2) is 4.39 Å². The fourth-order valence-electron chi connectivity index (χ4n) is 1.25. The predicted octanol–water partition coefficient (Wildman–Crippen LogP) is 2.49. The lowest BCUT2D eigenvalue weighted by Crippen LogP contribution is -2.29. The Morgan fingerprint density at radius 1 is 1.54 bits per heavy atom. The highest BCUT2D eigenvalue weighted by Crippen LogP contribution is 2.36. The molecule has 1 aromatic carbocycles. The summed E-state index contributed by atoms with van der Waals surface area (Å²) in [5.74, 6) is 0.158. The van der Waals surface area contributed by atoms with Gasteiger partial charge in [0.25, 0.3) is 0 Å². The molecule has 2 atom stereocenters. The van der Waals surface area contributed by atoms with Gasteiger partial charge in [-0.3, -0.25) is 0 Å². The molecule has 1 nitrogen and oxygen atoms in total. The summed E-state index contributed by atoms with van der Waals surface area (Å²) < 4.78 is 24.1. The van der Waals surface area contributed by atoms with Crippen molar-refractivity contribution < 1.29 is 8.94 Å².